The van der Waals surface area contributed by atoms with Crippen molar-refractivity contribution >= 4 is 33.9 Å². The molecule has 2 aromatic carbocycles. The SMILES string of the molecule is O=c1[nH]c2cc(-c3cn4ccnc4c(Nc4ccc(N5CCOCC5)cc4)n3)ccc2o1. The van der Waals surface area contributed by atoms with Gasteiger partial charge in [0.1, 0.15) is 0 Å². The first-order chi connectivity index (χ1) is 15.7. The van der Waals surface area contributed by atoms with E-state index in [1.807, 2.05) is 41.1 Å². The summed E-state index contributed by atoms with van der Waals surface area (Å²) < 4.78 is 12.5. The Morgan fingerprint density at radius 2 is 1.91 bits per heavy atom. The molecule has 2 N–H and O–H groups in total. The average Bonchev–Trinajstić information content (AvgIpc) is 3.45. The third-order valence-electron chi connectivity index (χ3n) is 5.60. The van der Waals surface area contributed by atoms with Crippen LogP contribution in [0.1, 0.15) is 0 Å². The average molecular weight is 428 g/mol. The molecular formula is C23H20N6O3. The van der Waals surface area contributed by atoms with Crippen molar-refractivity contribution in [2.24, 2.45) is 0 Å². The third kappa shape index (κ3) is 3.38. The lowest BCUT2D eigenvalue weighted by atomic mass is 10.1. The second kappa shape index (κ2) is 7.54. The quantitative estimate of drug-likeness (QED) is 0.452. The molecule has 0 aliphatic carbocycles. The molecule has 6 rings (SSSR count). The number of nitrogens with zero attached hydrogens (tertiary/aromatic N) is 4. The maximum Gasteiger partial charge on any atom is 0.417 e. The lowest BCUT2D eigenvalue weighted by Gasteiger charge is -2.28. The lowest BCUT2D eigenvalue weighted by Crippen LogP contribution is -2.36. The zero-order valence-corrected chi connectivity index (χ0v) is 17.1. The van der Waals surface area contributed by atoms with E-state index in [1.54, 1.807) is 12.3 Å². The highest BCUT2D eigenvalue weighted by Crippen LogP contribution is 2.27. The second-order valence-electron chi connectivity index (χ2n) is 7.63. The van der Waals surface area contributed by atoms with Crippen molar-refractivity contribution in [1.82, 2.24) is 19.4 Å². The number of hydrogen-bond acceptors (Lipinski definition) is 7. The van der Waals surface area contributed by atoms with Crippen LogP contribution < -0.4 is 16.0 Å². The Morgan fingerprint density at radius 1 is 1.06 bits per heavy atom. The number of morpholine rings is 1. The van der Waals surface area contributed by atoms with Crippen molar-refractivity contribution in [3.8, 4) is 11.3 Å². The molecule has 9 nitrogen and oxygen atoms in total. The normalized spacial score (nSPS) is 14.3. The first kappa shape index (κ1) is 18.6. The first-order valence-electron chi connectivity index (χ1n) is 10.4. The molecule has 1 aliphatic heterocycles. The van der Waals surface area contributed by atoms with Gasteiger partial charge in [-0.2, -0.15) is 0 Å². The summed E-state index contributed by atoms with van der Waals surface area (Å²) in [7, 11) is 0. The van der Waals surface area contributed by atoms with Gasteiger partial charge in [-0.3, -0.25) is 4.98 Å². The molecule has 1 fully saturated rings. The molecule has 3 aromatic heterocycles. The minimum absolute atomic E-state index is 0.474. The minimum atomic E-state index is -0.474. The van der Waals surface area contributed by atoms with Crippen LogP contribution in [-0.4, -0.2) is 45.7 Å². The van der Waals surface area contributed by atoms with Crippen LogP contribution in [0.2, 0.25) is 0 Å². The van der Waals surface area contributed by atoms with E-state index in [2.05, 4.69) is 32.3 Å². The Labute approximate surface area is 182 Å². The van der Waals surface area contributed by atoms with Gasteiger partial charge in [0.2, 0.25) is 0 Å². The van der Waals surface area contributed by atoms with E-state index in [-0.39, 0.29) is 0 Å². The highest BCUT2D eigenvalue weighted by molar-refractivity contribution is 5.80. The van der Waals surface area contributed by atoms with Crippen LogP contribution in [-0.2, 0) is 4.74 Å². The zero-order chi connectivity index (χ0) is 21.5. The number of aromatic amines is 1. The fraction of sp³-hybridized carbons (Fsp3) is 0.174. The summed E-state index contributed by atoms with van der Waals surface area (Å²) in [4.78, 5) is 25.8. The van der Waals surface area contributed by atoms with Gasteiger partial charge in [-0.15, -0.1) is 0 Å². The van der Waals surface area contributed by atoms with Gasteiger partial charge in [0.05, 0.1) is 24.4 Å². The van der Waals surface area contributed by atoms with E-state index < -0.39 is 5.76 Å². The van der Waals surface area contributed by atoms with Crippen molar-refractivity contribution < 1.29 is 9.15 Å². The number of benzene rings is 2. The molecule has 160 valence electrons. The van der Waals surface area contributed by atoms with Crippen LogP contribution in [0.15, 0.2) is 70.3 Å². The maximum atomic E-state index is 11.5. The van der Waals surface area contributed by atoms with Crippen molar-refractivity contribution in [2.75, 3.05) is 36.5 Å². The van der Waals surface area contributed by atoms with Crippen LogP contribution in [0.25, 0.3) is 28.0 Å². The molecule has 0 bridgehead atoms. The smallest absolute Gasteiger partial charge is 0.408 e. The van der Waals surface area contributed by atoms with Gasteiger partial charge >= 0.3 is 5.76 Å². The van der Waals surface area contributed by atoms with E-state index in [9.17, 15) is 4.79 Å². The van der Waals surface area contributed by atoms with E-state index in [4.69, 9.17) is 14.1 Å². The van der Waals surface area contributed by atoms with Gasteiger partial charge in [0.25, 0.3) is 0 Å². The number of hydrogen-bond donors (Lipinski definition) is 2. The van der Waals surface area contributed by atoms with Crippen LogP contribution in [0.3, 0.4) is 0 Å². The Balaban J connectivity index is 1.34. The Kier molecular flexibility index (Phi) is 4.39. The molecule has 0 unspecified atom stereocenters. The molecular weight excluding hydrogens is 408 g/mol. The molecule has 1 aliphatic rings. The Morgan fingerprint density at radius 3 is 2.75 bits per heavy atom. The van der Waals surface area contributed by atoms with E-state index in [0.29, 0.717) is 16.9 Å². The Bertz CT molecular complexity index is 1460. The van der Waals surface area contributed by atoms with Gasteiger partial charge in [0, 0.05) is 48.6 Å². The number of aromatic nitrogens is 4. The highest BCUT2D eigenvalue weighted by Gasteiger charge is 2.13. The molecule has 5 aromatic rings. The monoisotopic (exact) mass is 428 g/mol. The standard InChI is InChI=1S/C23H20N6O3/c30-23-27-18-13-15(1-6-20(18)32-23)19-14-29-8-7-24-22(29)21(26-19)25-16-2-4-17(5-3-16)28-9-11-31-12-10-28/h1-8,13-14H,9-12H2,(H,25,26)(H,27,30). The van der Waals surface area contributed by atoms with Crippen LogP contribution in [0, 0.1) is 0 Å². The summed E-state index contributed by atoms with van der Waals surface area (Å²) in [5.74, 6) is 0.172. The first-order valence-corrected chi connectivity index (χ1v) is 10.4. The third-order valence-corrected chi connectivity index (χ3v) is 5.60. The van der Waals surface area contributed by atoms with Crippen molar-refractivity contribution in [1.29, 1.82) is 0 Å². The van der Waals surface area contributed by atoms with Crippen molar-refractivity contribution in [2.45, 2.75) is 0 Å². The number of rotatable bonds is 4. The maximum absolute atomic E-state index is 11.5. The van der Waals surface area contributed by atoms with Gasteiger partial charge in [-0.1, -0.05) is 0 Å². The highest BCUT2D eigenvalue weighted by atomic mass is 16.5. The minimum Gasteiger partial charge on any atom is -0.408 e. The fourth-order valence-corrected chi connectivity index (χ4v) is 3.98. The summed E-state index contributed by atoms with van der Waals surface area (Å²) >= 11 is 0. The predicted molar refractivity (Wildman–Crippen MR) is 122 cm³/mol. The largest absolute Gasteiger partial charge is 0.417 e. The summed E-state index contributed by atoms with van der Waals surface area (Å²) in [6.45, 7) is 3.31. The van der Waals surface area contributed by atoms with Gasteiger partial charge in [-0.05, 0) is 42.5 Å². The number of H-pyrrole nitrogens is 1. The number of nitrogens with one attached hydrogen (secondary N) is 2. The number of ether oxygens (including phenoxy) is 1. The summed E-state index contributed by atoms with van der Waals surface area (Å²) in [5, 5.41) is 3.40. The topological polar surface area (TPSA) is 101 Å². The van der Waals surface area contributed by atoms with Crippen LogP contribution in [0.4, 0.5) is 17.2 Å². The van der Waals surface area contributed by atoms with E-state index in [1.165, 1.54) is 5.69 Å². The molecule has 1 saturated heterocycles. The molecule has 9 heteroatoms. The molecule has 4 heterocycles. The number of oxazole rings is 1. The zero-order valence-electron chi connectivity index (χ0n) is 17.1. The number of imidazole rings is 1. The van der Waals surface area contributed by atoms with Crippen LogP contribution in [0.5, 0.6) is 0 Å². The summed E-state index contributed by atoms with van der Waals surface area (Å²) in [6, 6.07) is 13.8. The molecule has 0 atom stereocenters. The number of anilines is 3. The van der Waals surface area contributed by atoms with Crippen molar-refractivity contribution in [3.05, 3.63) is 71.6 Å². The summed E-state index contributed by atoms with van der Waals surface area (Å²) in [5.41, 5.74) is 5.57. The van der Waals surface area contributed by atoms with Gasteiger partial charge < -0.3 is 23.8 Å². The molecule has 0 spiro atoms. The van der Waals surface area contributed by atoms with Gasteiger partial charge in [-0.25, -0.2) is 14.8 Å². The molecule has 0 amide bonds. The number of fused-ring (bicyclic) bond motifs is 2. The molecule has 32 heavy (non-hydrogen) atoms. The van der Waals surface area contributed by atoms with E-state index in [0.717, 1.165) is 48.9 Å². The molecule has 0 saturated carbocycles. The second-order valence-corrected chi connectivity index (χ2v) is 7.63. The van der Waals surface area contributed by atoms with Crippen LogP contribution >= 0.6 is 0 Å². The molecule has 0 radical (unpaired) electrons. The van der Waals surface area contributed by atoms with Gasteiger partial charge in [0.15, 0.2) is 17.0 Å². The fourth-order valence-electron chi connectivity index (χ4n) is 3.98. The predicted octanol–water partition coefficient (Wildman–Crippen LogP) is 3.41. The Hall–Kier alpha value is -4.11. The van der Waals surface area contributed by atoms with Crippen molar-refractivity contribution in [3.63, 3.8) is 0 Å². The summed E-state index contributed by atoms with van der Waals surface area (Å²) in [6.07, 6.45) is 5.53. The van der Waals surface area contributed by atoms with E-state index >= 15 is 0 Å². The lowest BCUT2D eigenvalue weighted by molar-refractivity contribution is 0.122.